The van der Waals surface area contributed by atoms with Gasteiger partial charge in [-0.15, -0.1) is 0 Å². The highest BCUT2D eigenvalue weighted by Crippen LogP contribution is 2.15. The molecule has 1 atom stereocenters. The van der Waals surface area contributed by atoms with Gasteiger partial charge in [0.15, 0.2) is 0 Å². The van der Waals surface area contributed by atoms with Gasteiger partial charge in [0.25, 0.3) is 0 Å². The Morgan fingerprint density at radius 1 is 0.533 bits per heavy atom. The minimum atomic E-state index is -0.725. The third-order valence-corrected chi connectivity index (χ3v) is 7.96. The zero-order chi connectivity index (χ0) is 32.9. The van der Waals surface area contributed by atoms with E-state index in [4.69, 9.17) is 9.84 Å². The molecule has 4 nitrogen and oxygen atoms in total. The number of carboxylic acids is 1. The van der Waals surface area contributed by atoms with E-state index in [1.54, 1.807) is 0 Å². The molecule has 0 amide bonds. The molecule has 0 saturated carbocycles. The molecule has 0 aromatic carbocycles. The first-order valence-corrected chi connectivity index (χ1v) is 18.8. The van der Waals surface area contributed by atoms with Crippen LogP contribution in [0.25, 0.3) is 0 Å². The van der Waals surface area contributed by atoms with Crippen LogP contribution in [0.1, 0.15) is 181 Å². The first kappa shape index (κ1) is 42.6. The van der Waals surface area contributed by atoms with Crippen LogP contribution in [0, 0.1) is 0 Å². The van der Waals surface area contributed by atoms with Gasteiger partial charge in [0.1, 0.15) is 6.10 Å². The highest BCUT2D eigenvalue weighted by atomic mass is 16.5. The topological polar surface area (TPSA) is 63.6 Å². The summed E-state index contributed by atoms with van der Waals surface area (Å²) in [7, 11) is 0. The van der Waals surface area contributed by atoms with E-state index in [9.17, 15) is 9.59 Å². The number of unbranched alkanes of at least 4 members (excludes halogenated alkanes) is 16. The van der Waals surface area contributed by atoms with Gasteiger partial charge in [0.05, 0.1) is 0 Å². The molecule has 4 heteroatoms. The fraction of sp³-hybridized carbons (Fsp3) is 0.707. The fourth-order valence-electron chi connectivity index (χ4n) is 5.20. The highest BCUT2D eigenvalue weighted by molar-refractivity contribution is 5.69. The molecule has 0 aromatic heterocycles. The summed E-state index contributed by atoms with van der Waals surface area (Å²) in [5.41, 5.74) is 0. The summed E-state index contributed by atoms with van der Waals surface area (Å²) in [5.74, 6) is -0.803. The maximum Gasteiger partial charge on any atom is 0.306 e. The number of carboxylic acid groups (broad SMARTS) is 1. The maximum atomic E-state index is 12.6. The van der Waals surface area contributed by atoms with Crippen LogP contribution in [0.2, 0.25) is 0 Å². The molecule has 0 fully saturated rings. The Hall–Kier alpha value is -2.36. The van der Waals surface area contributed by atoms with Crippen LogP contribution in [0.15, 0.2) is 60.8 Å². The normalized spacial score (nSPS) is 12.9. The maximum absolute atomic E-state index is 12.6. The Labute approximate surface area is 278 Å². The Balaban J connectivity index is 4.03. The average Bonchev–Trinajstić information content (AvgIpc) is 3.02. The SMILES string of the molecule is CC/C=C\C/C=C\C/C=C\C/C=C\CCCCCCCCC(=O)OC(/C=C\CCCCCCCCC)CCCCCCC(=O)O. The van der Waals surface area contributed by atoms with Gasteiger partial charge in [-0.25, -0.2) is 0 Å². The molecule has 258 valence electrons. The van der Waals surface area contributed by atoms with Gasteiger partial charge < -0.3 is 9.84 Å². The van der Waals surface area contributed by atoms with E-state index >= 15 is 0 Å². The second kappa shape index (κ2) is 36.1. The van der Waals surface area contributed by atoms with Gasteiger partial charge in [0.2, 0.25) is 0 Å². The van der Waals surface area contributed by atoms with Crippen molar-refractivity contribution in [3.63, 3.8) is 0 Å². The minimum absolute atomic E-state index is 0.0780. The van der Waals surface area contributed by atoms with Crippen LogP contribution >= 0.6 is 0 Å². The second-order valence-corrected chi connectivity index (χ2v) is 12.4. The molecule has 0 aliphatic heterocycles. The summed E-state index contributed by atoms with van der Waals surface area (Å²) >= 11 is 0. The molecular weight excluding hydrogens is 556 g/mol. The van der Waals surface area contributed by atoms with Gasteiger partial charge in [0, 0.05) is 12.8 Å². The largest absolute Gasteiger partial charge is 0.481 e. The Morgan fingerprint density at radius 3 is 1.58 bits per heavy atom. The molecule has 1 N–H and O–H groups in total. The lowest BCUT2D eigenvalue weighted by molar-refractivity contribution is -0.147. The lowest BCUT2D eigenvalue weighted by Crippen LogP contribution is -2.16. The molecule has 1 unspecified atom stereocenters. The van der Waals surface area contributed by atoms with E-state index in [1.807, 2.05) is 0 Å². The monoisotopic (exact) mass is 627 g/mol. The molecule has 0 radical (unpaired) electrons. The second-order valence-electron chi connectivity index (χ2n) is 12.4. The van der Waals surface area contributed by atoms with Gasteiger partial charge >= 0.3 is 11.9 Å². The predicted octanol–water partition coefficient (Wildman–Crippen LogP) is 12.9. The Morgan fingerprint density at radius 2 is 1.00 bits per heavy atom. The third kappa shape index (κ3) is 36.0. The van der Waals surface area contributed by atoms with E-state index in [-0.39, 0.29) is 18.5 Å². The first-order valence-electron chi connectivity index (χ1n) is 18.8. The van der Waals surface area contributed by atoms with Gasteiger partial charge in [-0.3, -0.25) is 9.59 Å². The molecular formula is C41H70O4. The van der Waals surface area contributed by atoms with E-state index in [2.05, 4.69) is 74.6 Å². The van der Waals surface area contributed by atoms with Gasteiger partial charge in [-0.05, 0) is 83.1 Å². The zero-order valence-corrected chi connectivity index (χ0v) is 29.4. The predicted molar refractivity (Wildman–Crippen MR) is 195 cm³/mol. The summed E-state index contributed by atoms with van der Waals surface area (Å²) in [4.78, 5) is 23.3. The van der Waals surface area contributed by atoms with E-state index < -0.39 is 5.97 Å². The molecule has 0 aliphatic rings. The van der Waals surface area contributed by atoms with Crippen molar-refractivity contribution in [2.75, 3.05) is 0 Å². The van der Waals surface area contributed by atoms with E-state index in [1.165, 1.54) is 70.6 Å². The van der Waals surface area contributed by atoms with Crippen LogP contribution in [0.5, 0.6) is 0 Å². The molecule has 0 aromatic rings. The fourth-order valence-corrected chi connectivity index (χ4v) is 5.20. The Kier molecular flexibility index (Phi) is 34.2. The molecule has 0 spiro atoms. The minimum Gasteiger partial charge on any atom is -0.481 e. The summed E-state index contributed by atoms with van der Waals surface area (Å²) in [5, 5.41) is 8.82. The van der Waals surface area contributed by atoms with E-state index in [0.29, 0.717) is 6.42 Å². The lowest BCUT2D eigenvalue weighted by atomic mass is 10.1. The number of carbonyl (C=O) groups excluding carboxylic acids is 1. The van der Waals surface area contributed by atoms with Crippen LogP contribution in [-0.4, -0.2) is 23.1 Å². The highest BCUT2D eigenvalue weighted by Gasteiger charge is 2.11. The van der Waals surface area contributed by atoms with Crippen LogP contribution < -0.4 is 0 Å². The Bertz CT molecular complexity index is 804. The molecule has 0 bridgehead atoms. The molecule has 0 aliphatic carbocycles. The number of ether oxygens (including phenoxy) is 1. The van der Waals surface area contributed by atoms with Crippen molar-refractivity contribution in [2.45, 2.75) is 187 Å². The van der Waals surface area contributed by atoms with Crippen LogP contribution in [0.3, 0.4) is 0 Å². The van der Waals surface area contributed by atoms with Crippen molar-refractivity contribution in [3.05, 3.63) is 60.8 Å². The van der Waals surface area contributed by atoms with Gasteiger partial charge in [-0.2, -0.15) is 0 Å². The number of rotatable bonds is 33. The van der Waals surface area contributed by atoms with Crippen molar-refractivity contribution in [1.29, 1.82) is 0 Å². The van der Waals surface area contributed by atoms with E-state index in [0.717, 1.165) is 83.5 Å². The zero-order valence-electron chi connectivity index (χ0n) is 29.4. The number of hydrogen-bond acceptors (Lipinski definition) is 3. The van der Waals surface area contributed by atoms with Crippen molar-refractivity contribution in [2.24, 2.45) is 0 Å². The molecule has 45 heavy (non-hydrogen) atoms. The first-order chi connectivity index (χ1) is 22.1. The number of esters is 1. The number of allylic oxidation sites excluding steroid dienone is 9. The van der Waals surface area contributed by atoms with Crippen molar-refractivity contribution in [1.82, 2.24) is 0 Å². The summed E-state index contributed by atoms with van der Waals surface area (Å²) in [6.45, 7) is 4.41. The van der Waals surface area contributed by atoms with Crippen LogP contribution in [-0.2, 0) is 14.3 Å². The lowest BCUT2D eigenvalue weighted by Gasteiger charge is -2.15. The van der Waals surface area contributed by atoms with Gasteiger partial charge in [-0.1, -0.05) is 146 Å². The smallest absolute Gasteiger partial charge is 0.306 e. The number of carbonyl (C=O) groups is 2. The van der Waals surface area contributed by atoms with Crippen LogP contribution in [0.4, 0.5) is 0 Å². The third-order valence-electron chi connectivity index (χ3n) is 7.96. The standard InChI is InChI=1S/C41H70O4/c1-3-5-7-9-11-13-14-15-16-17-18-19-20-21-22-24-26-28-34-38-41(44)45-39(36-32-29-30-33-37-40(42)43)35-31-27-25-23-12-10-8-6-4-2/h5,7,11,13,15-16,18-19,31,35,39H,3-4,6,8-10,12,14,17,20-30,32-34,36-38H2,1-2H3,(H,42,43)/b7-5-,13-11-,16-15-,19-18-,35-31-. The molecule has 0 saturated heterocycles. The molecule has 0 heterocycles. The summed E-state index contributed by atoms with van der Waals surface area (Å²) in [6.07, 6.45) is 49.6. The average molecular weight is 627 g/mol. The number of aliphatic carboxylic acids is 1. The van der Waals surface area contributed by atoms with Crippen molar-refractivity contribution < 1.29 is 19.4 Å². The summed E-state index contributed by atoms with van der Waals surface area (Å²) < 4.78 is 5.87. The summed E-state index contributed by atoms with van der Waals surface area (Å²) in [6, 6.07) is 0. The van der Waals surface area contributed by atoms with Crippen molar-refractivity contribution >= 4 is 11.9 Å². The van der Waals surface area contributed by atoms with Crippen molar-refractivity contribution in [3.8, 4) is 0 Å². The number of hydrogen-bond donors (Lipinski definition) is 1. The molecule has 0 rings (SSSR count). The quantitative estimate of drug-likeness (QED) is 0.0447.